The molecule has 0 saturated heterocycles. The van der Waals surface area contributed by atoms with E-state index in [4.69, 9.17) is 15.9 Å². The van der Waals surface area contributed by atoms with Gasteiger partial charge in [0.25, 0.3) is 0 Å². The Labute approximate surface area is 178 Å². The predicted octanol–water partition coefficient (Wildman–Crippen LogP) is 6.47. The molecule has 170 valence electrons. The molecule has 0 aliphatic rings. The highest BCUT2D eigenvalue weighted by molar-refractivity contribution is 5.66. The number of hydrogen-bond acceptors (Lipinski definition) is 3. The Balaban J connectivity index is 0. The van der Waals surface area contributed by atoms with Gasteiger partial charge in [-0.1, -0.05) is 55.9 Å². The number of carboxylic acid groups (broad SMARTS) is 2. The van der Waals surface area contributed by atoms with E-state index in [1.165, 1.54) is 11.1 Å². The molecule has 0 spiro atoms. The fraction of sp³-hybridized carbons (Fsp3) is 0.750. The van der Waals surface area contributed by atoms with E-state index in [2.05, 4.69) is 26.0 Å². The Kier molecular flexibility index (Phi) is 23.1. The fourth-order valence-corrected chi connectivity index (χ4v) is 2.93. The number of hydrogen-bond donors (Lipinski definition) is 3. The number of carboxylic acids is 2. The van der Waals surface area contributed by atoms with Crippen molar-refractivity contribution >= 4 is 11.9 Å². The number of nitrogens with two attached hydrogens (primary N) is 1. The van der Waals surface area contributed by atoms with Crippen LogP contribution < -0.4 is 5.73 Å². The van der Waals surface area contributed by atoms with Crippen LogP contribution in [0.5, 0.6) is 0 Å². The molecule has 0 fully saturated rings. The molecule has 0 radical (unpaired) electrons. The molecule has 0 unspecified atom stereocenters. The van der Waals surface area contributed by atoms with E-state index in [0.717, 1.165) is 83.6 Å². The number of rotatable bonds is 17. The summed E-state index contributed by atoms with van der Waals surface area (Å²) in [5.74, 6) is -1.38. The van der Waals surface area contributed by atoms with Gasteiger partial charge in [0.1, 0.15) is 0 Å². The van der Waals surface area contributed by atoms with Crippen molar-refractivity contribution in [1.29, 1.82) is 0 Å². The maximum Gasteiger partial charge on any atom is 0.303 e. The smallest absolute Gasteiger partial charge is 0.303 e. The fourth-order valence-electron chi connectivity index (χ4n) is 2.93. The highest BCUT2D eigenvalue weighted by Gasteiger charge is 1.98. The summed E-state index contributed by atoms with van der Waals surface area (Å²) >= 11 is 0. The van der Waals surface area contributed by atoms with Crippen molar-refractivity contribution in [3.05, 3.63) is 23.3 Å². The summed E-state index contributed by atoms with van der Waals surface area (Å²) in [5, 5.41) is 17.2. The minimum absolute atomic E-state index is 0.294. The van der Waals surface area contributed by atoms with Gasteiger partial charge in [0.15, 0.2) is 0 Å². The lowest BCUT2D eigenvalue weighted by Crippen LogP contribution is -1.93. The van der Waals surface area contributed by atoms with E-state index in [1.54, 1.807) is 0 Å². The highest BCUT2D eigenvalue weighted by atomic mass is 16.4. The second-order valence-corrected chi connectivity index (χ2v) is 7.70. The molecule has 0 aromatic rings. The van der Waals surface area contributed by atoms with Crippen molar-refractivity contribution in [2.24, 2.45) is 5.73 Å². The monoisotopic (exact) mass is 411 g/mol. The molecule has 5 heteroatoms. The molecule has 29 heavy (non-hydrogen) atoms. The zero-order valence-corrected chi connectivity index (χ0v) is 19.0. The van der Waals surface area contributed by atoms with Gasteiger partial charge in [-0.3, -0.25) is 9.59 Å². The quantitative estimate of drug-likeness (QED) is 0.188. The van der Waals surface area contributed by atoms with Gasteiger partial charge in [0, 0.05) is 12.8 Å². The Hall–Kier alpha value is -1.62. The van der Waals surface area contributed by atoms with Gasteiger partial charge >= 0.3 is 11.9 Å². The molecule has 0 amide bonds. The van der Waals surface area contributed by atoms with E-state index < -0.39 is 11.9 Å². The van der Waals surface area contributed by atoms with Gasteiger partial charge in [0.05, 0.1) is 0 Å². The molecule has 5 nitrogen and oxygen atoms in total. The largest absolute Gasteiger partial charge is 0.481 e. The average molecular weight is 412 g/mol. The van der Waals surface area contributed by atoms with Gasteiger partial charge in [-0.15, -0.1) is 0 Å². The summed E-state index contributed by atoms with van der Waals surface area (Å²) in [6.45, 7) is 7.02. The van der Waals surface area contributed by atoms with Crippen LogP contribution in [-0.2, 0) is 9.59 Å². The zero-order valence-electron chi connectivity index (χ0n) is 19.0. The number of unbranched alkanes of at least 4 members (excludes halogenated alkanes) is 7. The van der Waals surface area contributed by atoms with E-state index in [0.29, 0.717) is 12.8 Å². The second-order valence-electron chi connectivity index (χ2n) is 7.70. The van der Waals surface area contributed by atoms with Crippen LogP contribution in [-0.4, -0.2) is 28.7 Å². The van der Waals surface area contributed by atoms with Crippen molar-refractivity contribution < 1.29 is 19.8 Å². The summed E-state index contributed by atoms with van der Waals surface area (Å²) in [5.41, 5.74) is 7.72. The Morgan fingerprint density at radius 1 is 0.655 bits per heavy atom. The van der Waals surface area contributed by atoms with Crippen LogP contribution in [0.2, 0.25) is 0 Å². The summed E-state index contributed by atoms with van der Waals surface area (Å²) < 4.78 is 0. The van der Waals surface area contributed by atoms with E-state index in [9.17, 15) is 9.59 Å². The molecule has 0 aromatic carbocycles. The van der Waals surface area contributed by atoms with Crippen molar-refractivity contribution in [2.45, 2.75) is 111 Å². The Bertz CT molecular complexity index is 428. The summed E-state index contributed by atoms with van der Waals surface area (Å²) in [6.07, 6.45) is 17.8. The van der Waals surface area contributed by atoms with Crippen LogP contribution in [0.15, 0.2) is 23.3 Å². The number of carbonyl (C=O) groups is 2. The van der Waals surface area contributed by atoms with Crippen molar-refractivity contribution in [1.82, 2.24) is 0 Å². The van der Waals surface area contributed by atoms with Gasteiger partial charge in [0.2, 0.25) is 0 Å². The SMILES string of the molecule is CC(=CCCC=C(C)CCCCCCC(=O)O)CCCCCCC(=O)O.CCN. The molecule has 0 heterocycles. The molecule has 0 atom stereocenters. The predicted molar refractivity (Wildman–Crippen MR) is 122 cm³/mol. The number of allylic oxidation sites excluding steroid dienone is 4. The van der Waals surface area contributed by atoms with E-state index in [-0.39, 0.29) is 0 Å². The molecular formula is C24H45NO4. The maximum atomic E-state index is 10.4. The third-order valence-corrected chi connectivity index (χ3v) is 4.58. The zero-order chi connectivity index (χ0) is 22.3. The number of aliphatic carboxylic acids is 2. The lowest BCUT2D eigenvalue weighted by molar-refractivity contribution is -0.138. The molecular weight excluding hydrogens is 366 g/mol. The molecule has 0 bridgehead atoms. The van der Waals surface area contributed by atoms with Crippen LogP contribution in [0, 0.1) is 0 Å². The molecule has 0 aliphatic heterocycles. The van der Waals surface area contributed by atoms with E-state index in [1.807, 2.05) is 6.92 Å². The first-order chi connectivity index (χ1) is 13.8. The van der Waals surface area contributed by atoms with Crippen molar-refractivity contribution in [3.63, 3.8) is 0 Å². The Morgan fingerprint density at radius 3 is 1.21 bits per heavy atom. The summed E-state index contributed by atoms with van der Waals surface area (Å²) in [4.78, 5) is 20.8. The van der Waals surface area contributed by atoms with Crippen molar-refractivity contribution in [3.8, 4) is 0 Å². The van der Waals surface area contributed by atoms with Crippen LogP contribution >= 0.6 is 0 Å². The third kappa shape index (κ3) is 28.7. The molecule has 0 rings (SSSR count). The molecule has 0 aromatic heterocycles. The molecule has 4 N–H and O–H groups in total. The average Bonchev–Trinajstić information content (AvgIpc) is 2.64. The minimum atomic E-state index is -0.692. The first-order valence-corrected chi connectivity index (χ1v) is 11.3. The second kappa shape index (κ2) is 22.7. The maximum absolute atomic E-state index is 10.4. The van der Waals surface area contributed by atoms with Crippen LogP contribution in [0.4, 0.5) is 0 Å². The first kappa shape index (κ1) is 29.6. The summed E-state index contributed by atoms with van der Waals surface area (Å²) in [6, 6.07) is 0. The van der Waals surface area contributed by atoms with Gasteiger partial charge in [-0.25, -0.2) is 0 Å². The lowest BCUT2D eigenvalue weighted by atomic mass is 10.0. The van der Waals surface area contributed by atoms with Gasteiger partial charge in [-0.05, 0) is 71.8 Å². The third-order valence-electron chi connectivity index (χ3n) is 4.58. The Morgan fingerprint density at radius 2 is 0.931 bits per heavy atom. The standard InChI is InChI=1S/C22H38O4.C2H7N/c1-19(13-7-3-5-9-17-21(23)24)15-11-12-16-20(2)14-8-4-6-10-18-22(25)26;1-2-3/h15-16H,3-14,17-18H2,1-2H3,(H,23,24)(H,25,26);2-3H2,1H3. The minimum Gasteiger partial charge on any atom is -0.481 e. The highest BCUT2D eigenvalue weighted by Crippen LogP contribution is 2.14. The van der Waals surface area contributed by atoms with Gasteiger partial charge < -0.3 is 15.9 Å². The van der Waals surface area contributed by atoms with Crippen LogP contribution in [0.1, 0.15) is 111 Å². The van der Waals surface area contributed by atoms with Crippen LogP contribution in [0.25, 0.3) is 0 Å². The normalized spacial score (nSPS) is 11.7. The van der Waals surface area contributed by atoms with Crippen molar-refractivity contribution in [2.75, 3.05) is 6.54 Å². The van der Waals surface area contributed by atoms with E-state index >= 15 is 0 Å². The van der Waals surface area contributed by atoms with Crippen LogP contribution in [0.3, 0.4) is 0 Å². The summed E-state index contributed by atoms with van der Waals surface area (Å²) in [7, 11) is 0. The topological polar surface area (TPSA) is 101 Å². The lowest BCUT2D eigenvalue weighted by Gasteiger charge is -2.03. The molecule has 0 aliphatic carbocycles. The first-order valence-electron chi connectivity index (χ1n) is 11.3. The van der Waals surface area contributed by atoms with Gasteiger partial charge in [-0.2, -0.15) is 0 Å². The molecule has 0 saturated carbocycles.